The van der Waals surface area contributed by atoms with Crippen molar-refractivity contribution in [3.63, 3.8) is 0 Å². The zero-order valence-electron chi connectivity index (χ0n) is 17.4. The van der Waals surface area contributed by atoms with Crippen LogP contribution in [0.5, 0.6) is 0 Å². The normalized spacial score (nSPS) is 16.9. The van der Waals surface area contributed by atoms with Gasteiger partial charge in [0, 0.05) is 23.2 Å². The van der Waals surface area contributed by atoms with Crippen LogP contribution < -0.4 is 0 Å². The first-order valence-corrected chi connectivity index (χ1v) is 12.2. The van der Waals surface area contributed by atoms with E-state index in [-0.39, 0.29) is 5.82 Å². The van der Waals surface area contributed by atoms with Crippen LogP contribution in [-0.4, -0.2) is 51.0 Å². The average Bonchev–Trinajstić information content (AvgIpc) is 3.28. The standard InChI is InChI=1S/C22H23FN6O2S/c1-2-32(30,31)22(28-9-5-3-4-6-10-28)18-11-17-16(12-24-18)21(27-26-17)19-13-25-20-8-7-15(23)14-29(19)20/h2,7-8,11-14,22H,1,3-6,9-10H2,(H,26,27). The van der Waals surface area contributed by atoms with Gasteiger partial charge in [-0.05, 0) is 44.1 Å². The molecule has 4 aromatic rings. The Hall–Kier alpha value is -3.11. The molecule has 0 aromatic carbocycles. The first kappa shape index (κ1) is 20.8. The molecule has 1 fully saturated rings. The molecule has 1 aliphatic rings. The number of nitrogens with one attached hydrogen (secondary N) is 1. The summed E-state index contributed by atoms with van der Waals surface area (Å²) in [4.78, 5) is 10.8. The summed E-state index contributed by atoms with van der Waals surface area (Å²) in [6.07, 6.45) is 8.67. The second kappa shape index (κ2) is 8.10. The van der Waals surface area contributed by atoms with Gasteiger partial charge in [-0.15, -0.1) is 0 Å². The maximum Gasteiger partial charge on any atom is 0.192 e. The predicted octanol–water partition coefficient (Wildman–Crippen LogP) is 3.84. The second-order valence-electron chi connectivity index (χ2n) is 8.00. The number of rotatable bonds is 5. The van der Waals surface area contributed by atoms with Crippen LogP contribution in [-0.2, 0) is 9.84 Å². The van der Waals surface area contributed by atoms with E-state index in [1.165, 1.54) is 12.3 Å². The van der Waals surface area contributed by atoms with Gasteiger partial charge in [0.15, 0.2) is 15.2 Å². The third kappa shape index (κ3) is 3.59. The summed E-state index contributed by atoms with van der Waals surface area (Å²) in [7, 11) is -3.63. The van der Waals surface area contributed by atoms with Gasteiger partial charge in [0.05, 0.1) is 23.1 Å². The van der Waals surface area contributed by atoms with E-state index in [0.29, 0.717) is 46.7 Å². The summed E-state index contributed by atoms with van der Waals surface area (Å²) in [6, 6.07) is 4.67. The Kier molecular flexibility index (Phi) is 5.26. The molecule has 1 saturated heterocycles. The van der Waals surface area contributed by atoms with Gasteiger partial charge < -0.3 is 0 Å². The number of imidazole rings is 1. The topological polar surface area (TPSA) is 96.2 Å². The molecule has 5 heterocycles. The van der Waals surface area contributed by atoms with Gasteiger partial charge >= 0.3 is 0 Å². The lowest BCUT2D eigenvalue weighted by molar-refractivity contribution is 0.257. The number of hydrogen-bond donors (Lipinski definition) is 1. The predicted molar refractivity (Wildman–Crippen MR) is 120 cm³/mol. The molecule has 4 aromatic heterocycles. The highest BCUT2D eigenvalue weighted by molar-refractivity contribution is 7.94. The van der Waals surface area contributed by atoms with Crippen LogP contribution in [0.4, 0.5) is 4.39 Å². The Morgan fingerprint density at radius 1 is 1.12 bits per heavy atom. The largest absolute Gasteiger partial charge is 0.295 e. The monoisotopic (exact) mass is 454 g/mol. The zero-order valence-corrected chi connectivity index (χ0v) is 18.2. The van der Waals surface area contributed by atoms with Gasteiger partial charge in [0.1, 0.15) is 17.2 Å². The minimum absolute atomic E-state index is 0.382. The number of sulfone groups is 1. The highest BCUT2D eigenvalue weighted by Crippen LogP contribution is 2.33. The number of nitrogens with zero attached hydrogens (tertiary/aromatic N) is 5. The summed E-state index contributed by atoms with van der Waals surface area (Å²) >= 11 is 0. The Balaban J connectivity index is 1.60. The van der Waals surface area contributed by atoms with Crippen LogP contribution in [0.15, 0.2) is 48.8 Å². The van der Waals surface area contributed by atoms with Crippen molar-refractivity contribution in [2.24, 2.45) is 0 Å². The number of pyridine rings is 2. The van der Waals surface area contributed by atoms with Gasteiger partial charge in [-0.3, -0.25) is 19.4 Å². The van der Waals surface area contributed by atoms with Crippen molar-refractivity contribution in [1.29, 1.82) is 0 Å². The van der Waals surface area contributed by atoms with E-state index in [1.54, 1.807) is 28.9 Å². The number of aromatic nitrogens is 5. The number of H-pyrrole nitrogens is 1. The first-order valence-electron chi connectivity index (χ1n) is 10.6. The van der Waals surface area contributed by atoms with Crippen LogP contribution in [0, 0.1) is 5.82 Å². The number of hydrogen-bond acceptors (Lipinski definition) is 6. The maximum absolute atomic E-state index is 13.8. The number of aromatic amines is 1. The van der Waals surface area contributed by atoms with Crippen LogP contribution in [0.3, 0.4) is 0 Å². The van der Waals surface area contributed by atoms with Gasteiger partial charge in [-0.2, -0.15) is 5.10 Å². The molecule has 5 rings (SSSR count). The number of likely N-dealkylation sites (tertiary alicyclic amines) is 1. The maximum atomic E-state index is 13.8. The lowest BCUT2D eigenvalue weighted by Crippen LogP contribution is -2.34. The Morgan fingerprint density at radius 2 is 1.91 bits per heavy atom. The molecule has 0 bridgehead atoms. The van der Waals surface area contributed by atoms with Crippen molar-refractivity contribution >= 4 is 26.4 Å². The fourth-order valence-corrected chi connectivity index (χ4v) is 5.65. The SMILES string of the molecule is C=CS(=O)(=O)C(c1cc2[nH]nc(-c3cnc4ccc(F)cn34)c2cn1)N1CCCCCC1. The van der Waals surface area contributed by atoms with Gasteiger partial charge in [0.25, 0.3) is 0 Å². The number of halogens is 1. The minimum atomic E-state index is -3.63. The third-order valence-corrected chi connectivity index (χ3v) is 7.58. The molecule has 0 radical (unpaired) electrons. The highest BCUT2D eigenvalue weighted by atomic mass is 32.2. The lowest BCUT2D eigenvalue weighted by Gasteiger charge is -2.28. The van der Waals surface area contributed by atoms with Crippen LogP contribution in [0.25, 0.3) is 27.9 Å². The molecule has 0 aliphatic carbocycles. The summed E-state index contributed by atoms with van der Waals surface area (Å²) < 4.78 is 41.3. The lowest BCUT2D eigenvalue weighted by atomic mass is 10.2. The third-order valence-electron chi connectivity index (χ3n) is 5.95. The van der Waals surface area contributed by atoms with Crippen molar-refractivity contribution < 1.29 is 12.8 Å². The molecule has 10 heteroatoms. The molecule has 0 saturated carbocycles. The van der Waals surface area contributed by atoms with Crippen LogP contribution in [0.2, 0.25) is 0 Å². The molecular formula is C22H23FN6O2S. The molecule has 1 aliphatic heterocycles. The van der Waals surface area contributed by atoms with Crippen molar-refractivity contribution in [1.82, 2.24) is 29.5 Å². The summed E-state index contributed by atoms with van der Waals surface area (Å²) in [5.41, 5.74) is 2.85. The number of fused-ring (bicyclic) bond motifs is 2. The highest BCUT2D eigenvalue weighted by Gasteiger charge is 2.33. The molecule has 1 unspecified atom stereocenters. The fourth-order valence-electron chi connectivity index (χ4n) is 4.37. The minimum Gasteiger partial charge on any atom is -0.295 e. The van der Waals surface area contributed by atoms with E-state index in [0.717, 1.165) is 31.1 Å². The Bertz CT molecular complexity index is 1400. The van der Waals surface area contributed by atoms with E-state index in [9.17, 15) is 12.8 Å². The molecule has 8 nitrogen and oxygen atoms in total. The Labute approximate surface area is 184 Å². The van der Waals surface area contributed by atoms with E-state index in [4.69, 9.17) is 0 Å². The van der Waals surface area contributed by atoms with Crippen molar-refractivity contribution in [3.8, 4) is 11.4 Å². The molecule has 1 N–H and O–H groups in total. The summed E-state index contributed by atoms with van der Waals surface area (Å²) in [6.45, 7) is 4.92. The molecule has 1 atom stereocenters. The van der Waals surface area contributed by atoms with Crippen LogP contribution in [0.1, 0.15) is 36.8 Å². The van der Waals surface area contributed by atoms with E-state index in [2.05, 4.69) is 26.7 Å². The van der Waals surface area contributed by atoms with Crippen molar-refractivity contribution in [2.75, 3.05) is 13.1 Å². The zero-order chi connectivity index (χ0) is 22.3. The van der Waals surface area contributed by atoms with Crippen molar-refractivity contribution in [3.05, 3.63) is 60.3 Å². The van der Waals surface area contributed by atoms with E-state index in [1.807, 2.05) is 4.90 Å². The van der Waals surface area contributed by atoms with Gasteiger partial charge in [0.2, 0.25) is 0 Å². The van der Waals surface area contributed by atoms with Crippen LogP contribution >= 0.6 is 0 Å². The fraction of sp³-hybridized carbons (Fsp3) is 0.318. The molecule has 32 heavy (non-hydrogen) atoms. The molecule has 0 spiro atoms. The van der Waals surface area contributed by atoms with Gasteiger partial charge in [-0.25, -0.2) is 17.8 Å². The van der Waals surface area contributed by atoms with E-state index >= 15 is 0 Å². The first-order chi connectivity index (χ1) is 15.5. The van der Waals surface area contributed by atoms with Gasteiger partial charge in [-0.1, -0.05) is 19.4 Å². The molecule has 166 valence electrons. The molecular weight excluding hydrogens is 431 g/mol. The van der Waals surface area contributed by atoms with E-state index < -0.39 is 15.2 Å². The average molecular weight is 455 g/mol. The quantitative estimate of drug-likeness (QED) is 0.492. The van der Waals surface area contributed by atoms with Crippen molar-refractivity contribution in [2.45, 2.75) is 31.1 Å². The smallest absolute Gasteiger partial charge is 0.192 e. The Morgan fingerprint density at radius 3 is 2.66 bits per heavy atom. The summed E-state index contributed by atoms with van der Waals surface area (Å²) in [5.74, 6) is -0.382. The summed E-state index contributed by atoms with van der Waals surface area (Å²) in [5, 5.41) is 8.19. The molecule has 0 amide bonds. The second-order valence-corrected chi connectivity index (χ2v) is 9.96.